The van der Waals surface area contributed by atoms with Crippen LogP contribution in [0.2, 0.25) is 0 Å². The maximum atomic E-state index is 11.9. The molecule has 0 bridgehead atoms. The standard InChI is InChI=1S/C18H16N2O9.C6H6O2/c21-17(13-5-1-3-7-15(13)19(23)24)28-11-9-27-10-12-29-18(22)14-6-2-4-8-16(14)20(25)26;7-5-1-2-6(8)4-3-5/h1-8H,9-12H2;1-4,7-8H. The van der Waals surface area contributed by atoms with Gasteiger partial charge in [-0.3, -0.25) is 20.2 Å². The van der Waals surface area contributed by atoms with Crippen molar-refractivity contribution in [1.29, 1.82) is 0 Å². The average molecular weight is 514 g/mol. The highest BCUT2D eigenvalue weighted by Crippen LogP contribution is 2.19. The SMILES string of the molecule is O=C(OCCOCCOC(=O)c1ccccc1[N+](=O)[O-])c1ccccc1[N+](=O)[O-].Oc1ccc(O)cc1. The molecule has 0 aliphatic heterocycles. The van der Waals surface area contributed by atoms with Gasteiger partial charge in [-0.25, -0.2) is 9.59 Å². The Balaban J connectivity index is 0.000000510. The molecule has 37 heavy (non-hydrogen) atoms. The smallest absolute Gasteiger partial charge is 0.345 e. The molecule has 194 valence electrons. The first-order valence-corrected chi connectivity index (χ1v) is 10.6. The molecule has 0 saturated heterocycles. The number of carbonyl (C=O) groups excluding carboxylic acids is 2. The fraction of sp³-hybridized carbons (Fsp3) is 0.167. The van der Waals surface area contributed by atoms with Gasteiger partial charge in [-0.05, 0) is 36.4 Å². The summed E-state index contributed by atoms with van der Waals surface area (Å²) in [4.78, 5) is 44.2. The molecule has 0 amide bonds. The molecule has 3 aromatic rings. The Hall–Kier alpha value is -5.04. The first-order chi connectivity index (χ1) is 17.7. The highest BCUT2D eigenvalue weighted by atomic mass is 16.6. The fourth-order valence-electron chi connectivity index (χ4n) is 2.71. The van der Waals surface area contributed by atoms with Gasteiger partial charge in [-0.2, -0.15) is 0 Å². The van der Waals surface area contributed by atoms with Crippen molar-refractivity contribution < 1.29 is 43.9 Å². The molecule has 0 radical (unpaired) electrons. The minimum absolute atomic E-state index is 0.0323. The summed E-state index contributed by atoms with van der Waals surface area (Å²) in [6.07, 6.45) is 0. The van der Waals surface area contributed by atoms with E-state index in [2.05, 4.69) is 0 Å². The number of rotatable bonds is 10. The van der Waals surface area contributed by atoms with Crippen LogP contribution in [0.3, 0.4) is 0 Å². The maximum Gasteiger partial charge on any atom is 0.345 e. The molecule has 0 aliphatic rings. The molecular weight excluding hydrogens is 492 g/mol. The van der Waals surface area contributed by atoms with Crippen molar-refractivity contribution in [3.8, 4) is 11.5 Å². The number of phenols is 2. The quantitative estimate of drug-likeness (QED) is 0.132. The van der Waals surface area contributed by atoms with Crippen molar-refractivity contribution >= 4 is 23.3 Å². The molecule has 3 aromatic carbocycles. The lowest BCUT2D eigenvalue weighted by Crippen LogP contribution is -2.15. The molecular formula is C24H22N2O11. The predicted molar refractivity (Wildman–Crippen MR) is 127 cm³/mol. The first kappa shape index (κ1) is 28.2. The highest BCUT2D eigenvalue weighted by molar-refractivity contribution is 5.94. The molecule has 0 spiro atoms. The summed E-state index contributed by atoms with van der Waals surface area (Å²) in [5, 5.41) is 39.1. The van der Waals surface area contributed by atoms with Gasteiger partial charge in [0.05, 0.1) is 23.1 Å². The third kappa shape index (κ3) is 9.26. The minimum Gasteiger partial charge on any atom is -0.508 e. The molecule has 13 nitrogen and oxygen atoms in total. The molecule has 3 rings (SSSR count). The number of hydrogen-bond donors (Lipinski definition) is 2. The van der Waals surface area contributed by atoms with E-state index in [0.29, 0.717) is 0 Å². The van der Waals surface area contributed by atoms with Crippen molar-refractivity contribution in [3.05, 3.63) is 104 Å². The maximum absolute atomic E-state index is 11.9. The van der Waals surface area contributed by atoms with Crippen molar-refractivity contribution in [2.45, 2.75) is 0 Å². The average Bonchev–Trinajstić information content (AvgIpc) is 2.89. The van der Waals surface area contributed by atoms with E-state index >= 15 is 0 Å². The van der Waals surface area contributed by atoms with Gasteiger partial charge >= 0.3 is 11.9 Å². The van der Waals surface area contributed by atoms with Crippen LogP contribution in [0, 0.1) is 20.2 Å². The molecule has 13 heteroatoms. The van der Waals surface area contributed by atoms with Crippen LogP contribution in [0.5, 0.6) is 11.5 Å². The molecule has 0 fully saturated rings. The zero-order chi connectivity index (χ0) is 27.2. The number of ether oxygens (including phenoxy) is 3. The van der Waals surface area contributed by atoms with Crippen LogP contribution >= 0.6 is 0 Å². The Morgan fingerprint density at radius 3 is 1.32 bits per heavy atom. The number of nitro benzene ring substituents is 2. The number of hydrogen-bond acceptors (Lipinski definition) is 11. The predicted octanol–water partition coefficient (Wildman–Crippen LogP) is 3.63. The normalized spacial score (nSPS) is 9.95. The molecule has 2 N–H and O–H groups in total. The van der Waals surface area contributed by atoms with Crippen LogP contribution in [0.1, 0.15) is 20.7 Å². The summed E-state index contributed by atoms with van der Waals surface area (Å²) in [7, 11) is 0. The van der Waals surface area contributed by atoms with Crippen LogP contribution in [0.4, 0.5) is 11.4 Å². The second kappa shape index (κ2) is 14.4. The lowest BCUT2D eigenvalue weighted by Gasteiger charge is -2.07. The van der Waals surface area contributed by atoms with Crippen molar-refractivity contribution in [1.82, 2.24) is 0 Å². The minimum atomic E-state index is -0.858. The largest absolute Gasteiger partial charge is 0.508 e. The van der Waals surface area contributed by atoms with Gasteiger partial charge in [0.15, 0.2) is 0 Å². The number of aromatic hydroxyl groups is 2. The fourth-order valence-corrected chi connectivity index (χ4v) is 2.71. The van der Waals surface area contributed by atoms with E-state index in [4.69, 9.17) is 24.4 Å². The zero-order valence-corrected chi connectivity index (χ0v) is 19.2. The van der Waals surface area contributed by atoms with Crippen molar-refractivity contribution in [2.24, 2.45) is 0 Å². The topological polar surface area (TPSA) is 189 Å². The second-order valence-corrected chi connectivity index (χ2v) is 6.95. The summed E-state index contributed by atoms with van der Waals surface area (Å²) in [5.41, 5.74) is -1.06. The van der Waals surface area contributed by atoms with E-state index in [-0.39, 0.29) is 60.4 Å². The summed E-state index contributed by atoms with van der Waals surface area (Å²) in [5.74, 6) is -1.38. The van der Waals surface area contributed by atoms with Crippen molar-refractivity contribution in [3.63, 3.8) is 0 Å². The summed E-state index contributed by atoms with van der Waals surface area (Å²) in [6, 6.07) is 16.5. The molecule has 0 aromatic heterocycles. The van der Waals surface area contributed by atoms with E-state index in [1.807, 2.05) is 0 Å². The number of benzene rings is 3. The van der Waals surface area contributed by atoms with Gasteiger partial charge in [0, 0.05) is 12.1 Å². The summed E-state index contributed by atoms with van der Waals surface area (Å²) in [6.45, 7) is -0.392. The Labute approximate surface area is 209 Å². The van der Waals surface area contributed by atoms with E-state index in [9.17, 15) is 29.8 Å². The van der Waals surface area contributed by atoms with Crippen LogP contribution in [-0.4, -0.2) is 58.4 Å². The second-order valence-electron chi connectivity index (χ2n) is 6.95. The highest BCUT2D eigenvalue weighted by Gasteiger charge is 2.21. The third-order valence-corrected chi connectivity index (χ3v) is 4.41. The lowest BCUT2D eigenvalue weighted by atomic mass is 10.2. The summed E-state index contributed by atoms with van der Waals surface area (Å²) >= 11 is 0. The van der Waals surface area contributed by atoms with E-state index in [0.717, 1.165) is 0 Å². The Morgan fingerprint density at radius 1 is 0.622 bits per heavy atom. The first-order valence-electron chi connectivity index (χ1n) is 10.6. The Morgan fingerprint density at radius 2 is 0.973 bits per heavy atom. The van der Waals surface area contributed by atoms with Gasteiger partial charge in [-0.1, -0.05) is 24.3 Å². The molecule has 0 saturated carbocycles. The van der Waals surface area contributed by atoms with Gasteiger partial charge < -0.3 is 24.4 Å². The molecule has 0 atom stereocenters. The van der Waals surface area contributed by atoms with Crippen LogP contribution in [0.25, 0.3) is 0 Å². The summed E-state index contributed by atoms with van der Waals surface area (Å²) < 4.78 is 15.0. The van der Waals surface area contributed by atoms with E-state index < -0.39 is 21.8 Å². The number of nitrogens with zero attached hydrogens (tertiary/aromatic N) is 2. The van der Waals surface area contributed by atoms with Gasteiger partial charge in [-0.15, -0.1) is 0 Å². The zero-order valence-electron chi connectivity index (χ0n) is 19.2. The van der Waals surface area contributed by atoms with Crippen molar-refractivity contribution in [2.75, 3.05) is 26.4 Å². The molecule has 0 aliphatic carbocycles. The van der Waals surface area contributed by atoms with Crippen LogP contribution in [-0.2, 0) is 14.2 Å². The third-order valence-electron chi connectivity index (χ3n) is 4.41. The lowest BCUT2D eigenvalue weighted by molar-refractivity contribution is -0.385. The number of phenolic OH excluding ortho intramolecular Hbond substituents is 2. The number of esters is 2. The van der Waals surface area contributed by atoms with Crippen LogP contribution < -0.4 is 0 Å². The van der Waals surface area contributed by atoms with Gasteiger partial charge in [0.2, 0.25) is 0 Å². The number of nitro groups is 2. The Bertz CT molecular complexity index is 1130. The van der Waals surface area contributed by atoms with Gasteiger partial charge in [0.1, 0.15) is 35.8 Å². The number of para-hydroxylation sites is 2. The van der Waals surface area contributed by atoms with E-state index in [1.54, 1.807) is 0 Å². The molecule has 0 heterocycles. The van der Waals surface area contributed by atoms with Gasteiger partial charge in [0.25, 0.3) is 11.4 Å². The molecule has 0 unspecified atom stereocenters. The van der Waals surface area contributed by atoms with E-state index in [1.165, 1.54) is 72.8 Å². The van der Waals surface area contributed by atoms with Crippen LogP contribution in [0.15, 0.2) is 72.8 Å². The monoisotopic (exact) mass is 514 g/mol. The Kier molecular flexibility index (Phi) is 11.0. The number of carbonyl (C=O) groups is 2.